The lowest BCUT2D eigenvalue weighted by Gasteiger charge is -2.32. The van der Waals surface area contributed by atoms with Crippen molar-refractivity contribution < 1.29 is 14.4 Å². The minimum atomic E-state index is -0.520. The lowest BCUT2D eigenvalue weighted by molar-refractivity contribution is -0.137. The molecule has 7 nitrogen and oxygen atoms in total. The van der Waals surface area contributed by atoms with Crippen LogP contribution in [0.25, 0.3) is 0 Å². The van der Waals surface area contributed by atoms with E-state index in [9.17, 15) is 14.4 Å². The third-order valence-corrected chi connectivity index (χ3v) is 6.76. The van der Waals surface area contributed by atoms with Crippen molar-refractivity contribution in [2.45, 2.75) is 52.1 Å². The van der Waals surface area contributed by atoms with E-state index in [1.54, 1.807) is 4.90 Å². The summed E-state index contributed by atoms with van der Waals surface area (Å²) in [5.74, 6) is 0.545. The van der Waals surface area contributed by atoms with Crippen LogP contribution in [0, 0.1) is 18.8 Å². The quantitative estimate of drug-likeness (QED) is 0.733. The van der Waals surface area contributed by atoms with Crippen molar-refractivity contribution >= 4 is 17.7 Å². The highest BCUT2D eigenvalue weighted by Crippen LogP contribution is 2.34. The fourth-order valence-electron chi connectivity index (χ4n) is 4.83. The number of carbonyl (C=O) groups excluding carboxylic acids is 3. The molecule has 174 valence electrons. The van der Waals surface area contributed by atoms with Crippen molar-refractivity contribution in [2.75, 3.05) is 39.3 Å². The number of hydrogen-bond donors (Lipinski definition) is 1. The Balaban J connectivity index is 1.59. The van der Waals surface area contributed by atoms with Crippen molar-refractivity contribution in [2.24, 2.45) is 11.8 Å². The van der Waals surface area contributed by atoms with Crippen molar-refractivity contribution in [3.05, 3.63) is 35.4 Å². The van der Waals surface area contributed by atoms with Gasteiger partial charge >= 0.3 is 0 Å². The molecule has 1 aromatic carbocycles. The van der Waals surface area contributed by atoms with Crippen molar-refractivity contribution in [3.8, 4) is 0 Å². The Hall–Kier alpha value is -2.41. The Kier molecular flexibility index (Phi) is 6.84. The summed E-state index contributed by atoms with van der Waals surface area (Å²) in [6, 6.07) is 6.88. The van der Waals surface area contributed by atoms with Gasteiger partial charge in [-0.05, 0) is 44.2 Å². The molecule has 2 aliphatic heterocycles. The number of aryl methyl sites for hydroxylation is 1. The van der Waals surface area contributed by atoms with Gasteiger partial charge in [-0.2, -0.15) is 0 Å². The second kappa shape index (κ2) is 9.61. The van der Waals surface area contributed by atoms with Crippen LogP contribution in [0.3, 0.4) is 0 Å². The van der Waals surface area contributed by atoms with Gasteiger partial charge in [0, 0.05) is 50.7 Å². The van der Waals surface area contributed by atoms with E-state index in [1.807, 2.05) is 41.0 Å². The van der Waals surface area contributed by atoms with Crippen molar-refractivity contribution in [1.82, 2.24) is 20.0 Å². The Morgan fingerprint density at radius 2 is 1.75 bits per heavy atom. The Bertz CT molecular complexity index is 843. The standard InChI is InChI=1S/C25H36N4O3/c1-17(2)15-28(23(30)20-8-9-20)21-14-22(25(32)27-12-10-26-11-13-27)29(16-21)24(31)19-6-4-18(3)5-7-19/h4-7,17,20-22,26H,8-16H2,1-3H3. The van der Waals surface area contributed by atoms with Crippen molar-refractivity contribution in [3.63, 3.8) is 0 Å². The van der Waals surface area contributed by atoms with Gasteiger partial charge in [-0.15, -0.1) is 0 Å². The maximum Gasteiger partial charge on any atom is 0.254 e. The number of amides is 3. The SMILES string of the molecule is Cc1ccc(C(=O)N2CC(N(CC(C)C)C(=O)C3CC3)CC2C(=O)N2CCNCC2)cc1. The highest BCUT2D eigenvalue weighted by molar-refractivity contribution is 5.98. The zero-order chi connectivity index (χ0) is 22.8. The van der Waals surface area contributed by atoms with Gasteiger partial charge in [-0.1, -0.05) is 31.5 Å². The molecule has 3 fully saturated rings. The minimum absolute atomic E-state index is 0.0119. The van der Waals surface area contributed by atoms with Gasteiger partial charge in [0.15, 0.2) is 0 Å². The van der Waals surface area contributed by atoms with Crippen LogP contribution in [0.1, 0.15) is 49.0 Å². The molecule has 4 rings (SSSR count). The van der Waals surface area contributed by atoms with Crippen LogP contribution < -0.4 is 5.32 Å². The van der Waals surface area contributed by atoms with E-state index < -0.39 is 6.04 Å². The topological polar surface area (TPSA) is 73.0 Å². The number of piperazine rings is 1. The van der Waals surface area contributed by atoms with Gasteiger partial charge in [-0.25, -0.2) is 0 Å². The molecule has 3 aliphatic rings. The van der Waals surface area contributed by atoms with E-state index >= 15 is 0 Å². The largest absolute Gasteiger partial charge is 0.338 e. The summed E-state index contributed by atoms with van der Waals surface area (Å²) >= 11 is 0. The summed E-state index contributed by atoms with van der Waals surface area (Å²) < 4.78 is 0. The van der Waals surface area contributed by atoms with Crippen LogP contribution in [0.4, 0.5) is 0 Å². The van der Waals surface area contributed by atoms with Gasteiger partial charge in [-0.3, -0.25) is 14.4 Å². The molecular weight excluding hydrogens is 404 g/mol. The molecule has 0 bridgehead atoms. The predicted octanol–water partition coefficient (Wildman–Crippen LogP) is 1.90. The number of benzene rings is 1. The lowest BCUT2D eigenvalue weighted by Crippen LogP contribution is -2.53. The van der Waals surface area contributed by atoms with Crippen LogP contribution in [-0.2, 0) is 9.59 Å². The number of hydrogen-bond acceptors (Lipinski definition) is 4. The first-order chi connectivity index (χ1) is 15.3. The van der Waals surface area contributed by atoms with Gasteiger partial charge in [0.05, 0.1) is 6.04 Å². The average Bonchev–Trinajstić information content (AvgIpc) is 3.55. The molecule has 1 aliphatic carbocycles. The third kappa shape index (κ3) is 4.98. The third-order valence-electron chi connectivity index (χ3n) is 6.76. The lowest BCUT2D eigenvalue weighted by atomic mass is 10.1. The Morgan fingerprint density at radius 1 is 1.09 bits per heavy atom. The Labute approximate surface area is 191 Å². The second-order valence-corrected chi connectivity index (χ2v) is 9.96. The van der Waals surface area contributed by atoms with Crippen LogP contribution in [-0.4, -0.2) is 83.8 Å². The van der Waals surface area contributed by atoms with E-state index in [-0.39, 0.29) is 29.7 Å². The fraction of sp³-hybridized carbons (Fsp3) is 0.640. The molecule has 1 N–H and O–H groups in total. The fourth-order valence-corrected chi connectivity index (χ4v) is 4.83. The second-order valence-electron chi connectivity index (χ2n) is 9.96. The molecule has 0 radical (unpaired) electrons. The average molecular weight is 441 g/mol. The van der Waals surface area contributed by atoms with Gasteiger partial charge < -0.3 is 20.0 Å². The molecule has 2 unspecified atom stereocenters. The molecule has 32 heavy (non-hydrogen) atoms. The molecule has 2 atom stereocenters. The summed E-state index contributed by atoms with van der Waals surface area (Å²) in [6.07, 6.45) is 2.43. The van der Waals surface area contributed by atoms with E-state index in [0.717, 1.165) is 31.5 Å². The highest BCUT2D eigenvalue weighted by atomic mass is 16.2. The molecule has 2 saturated heterocycles. The van der Waals surface area contributed by atoms with Crippen molar-refractivity contribution in [1.29, 1.82) is 0 Å². The Morgan fingerprint density at radius 3 is 2.34 bits per heavy atom. The first-order valence-corrected chi connectivity index (χ1v) is 12.0. The number of nitrogens with zero attached hydrogens (tertiary/aromatic N) is 3. The van der Waals surface area contributed by atoms with E-state index in [4.69, 9.17) is 0 Å². The highest BCUT2D eigenvalue weighted by Gasteiger charge is 2.46. The molecule has 3 amide bonds. The van der Waals surface area contributed by atoms with E-state index in [2.05, 4.69) is 19.2 Å². The number of rotatable bonds is 6. The number of likely N-dealkylation sites (tertiary alicyclic amines) is 1. The first-order valence-electron chi connectivity index (χ1n) is 12.0. The predicted molar refractivity (Wildman–Crippen MR) is 123 cm³/mol. The molecule has 1 saturated carbocycles. The summed E-state index contributed by atoms with van der Waals surface area (Å²) in [4.78, 5) is 45.7. The zero-order valence-corrected chi connectivity index (χ0v) is 19.5. The number of carbonyl (C=O) groups is 3. The molecular formula is C25H36N4O3. The van der Waals surface area contributed by atoms with Gasteiger partial charge in [0.25, 0.3) is 5.91 Å². The maximum absolute atomic E-state index is 13.5. The maximum atomic E-state index is 13.5. The normalized spacial score (nSPS) is 23.5. The molecule has 0 aromatic heterocycles. The van der Waals surface area contributed by atoms with Crippen LogP contribution in [0.5, 0.6) is 0 Å². The zero-order valence-electron chi connectivity index (χ0n) is 19.5. The first kappa shape index (κ1) is 22.8. The molecule has 2 heterocycles. The summed E-state index contributed by atoms with van der Waals surface area (Å²) in [5, 5.41) is 3.28. The summed E-state index contributed by atoms with van der Waals surface area (Å²) in [7, 11) is 0. The summed E-state index contributed by atoms with van der Waals surface area (Å²) in [6.45, 7) is 10.2. The molecule has 7 heteroatoms. The van der Waals surface area contributed by atoms with E-state index in [0.29, 0.717) is 44.1 Å². The van der Waals surface area contributed by atoms with E-state index in [1.165, 1.54) is 0 Å². The monoisotopic (exact) mass is 440 g/mol. The minimum Gasteiger partial charge on any atom is -0.338 e. The number of nitrogens with one attached hydrogen (secondary N) is 1. The van der Waals surface area contributed by atoms with Crippen LogP contribution >= 0.6 is 0 Å². The van der Waals surface area contributed by atoms with Gasteiger partial charge in [0.2, 0.25) is 11.8 Å². The molecule has 0 spiro atoms. The van der Waals surface area contributed by atoms with Gasteiger partial charge in [0.1, 0.15) is 6.04 Å². The van der Waals surface area contributed by atoms with Crippen LogP contribution in [0.15, 0.2) is 24.3 Å². The van der Waals surface area contributed by atoms with Crippen LogP contribution in [0.2, 0.25) is 0 Å². The smallest absolute Gasteiger partial charge is 0.254 e. The molecule has 1 aromatic rings. The summed E-state index contributed by atoms with van der Waals surface area (Å²) in [5.41, 5.74) is 1.69.